The van der Waals surface area contributed by atoms with E-state index in [1.165, 1.54) is 0 Å². The highest BCUT2D eigenvalue weighted by atomic mass is 127. The van der Waals surface area contributed by atoms with Gasteiger partial charge in [-0.15, -0.1) is 0 Å². The lowest BCUT2D eigenvalue weighted by molar-refractivity contribution is -0.138. The number of phenolic OH excluding ortho intramolecular Hbond substituents is 1. The van der Waals surface area contributed by atoms with Gasteiger partial charge in [-0.1, -0.05) is 12.1 Å². The molecule has 0 radical (unpaired) electrons. The zero-order chi connectivity index (χ0) is 26.6. The van der Waals surface area contributed by atoms with Gasteiger partial charge < -0.3 is 31.2 Å². The molecule has 12 heteroatoms. The topological polar surface area (TPSA) is 145 Å². The largest absolute Gasteiger partial charge is 0.506 e. The molecule has 0 aromatic heterocycles. The third-order valence-electron chi connectivity index (χ3n) is 4.94. The minimum Gasteiger partial charge on any atom is -0.506 e. The van der Waals surface area contributed by atoms with Crippen LogP contribution in [0.25, 0.3) is 0 Å². The van der Waals surface area contributed by atoms with Crippen molar-refractivity contribution in [2.24, 2.45) is 11.5 Å². The summed E-state index contributed by atoms with van der Waals surface area (Å²) in [5.74, 6) is 0.169. The van der Waals surface area contributed by atoms with Crippen LogP contribution in [-0.4, -0.2) is 34.2 Å². The van der Waals surface area contributed by atoms with Gasteiger partial charge >= 0.3 is 11.9 Å². The number of carboxylic acid groups (broad SMARTS) is 1. The molecule has 0 aliphatic carbocycles. The highest BCUT2D eigenvalue weighted by molar-refractivity contribution is 14.1. The number of hydrogen-bond acceptors (Lipinski definition) is 7. The van der Waals surface area contributed by atoms with Crippen molar-refractivity contribution in [3.05, 3.63) is 73.9 Å². The van der Waals surface area contributed by atoms with Crippen LogP contribution >= 0.6 is 90.4 Å². The molecule has 36 heavy (non-hydrogen) atoms. The Morgan fingerprint density at radius 3 is 1.83 bits per heavy atom. The van der Waals surface area contributed by atoms with Crippen molar-refractivity contribution >= 4 is 102 Å². The van der Waals surface area contributed by atoms with Gasteiger partial charge in [0.1, 0.15) is 29.3 Å². The Balaban J connectivity index is 1.64. The first-order valence-corrected chi connectivity index (χ1v) is 14.6. The SMILES string of the molecule is N[C@@H](Cc1ccc(OC(=O)[C@@H](N)Cc2cc(I)c(Oc3cc(I)c(O)c(I)c3)c(I)c2)cc1)C(=O)O. The number of aliphatic carboxylic acids is 1. The van der Waals surface area contributed by atoms with Crippen LogP contribution in [-0.2, 0) is 22.4 Å². The van der Waals surface area contributed by atoms with E-state index in [-0.39, 0.29) is 18.6 Å². The Labute approximate surface area is 262 Å². The number of carbonyl (C=O) groups excluding carboxylic acids is 1. The number of aromatic hydroxyl groups is 1. The summed E-state index contributed by atoms with van der Waals surface area (Å²) < 4.78 is 14.6. The molecule has 0 spiro atoms. The van der Waals surface area contributed by atoms with E-state index in [1.54, 1.807) is 36.4 Å². The Morgan fingerprint density at radius 1 is 0.778 bits per heavy atom. The maximum Gasteiger partial charge on any atom is 0.328 e. The van der Waals surface area contributed by atoms with E-state index in [0.29, 0.717) is 24.4 Å². The maximum absolute atomic E-state index is 12.5. The smallest absolute Gasteiger partial charge is 0.328 e. The van der Waals surface area contributed by atoms with Crippen molar-refractivity contribution < 1.29 is 29.3 Å². The summed E-state index contributed by atoms with van der Waals surface area (Å²) in [5, 5.41) is 18.9. The third-order valence-corrected chi connectivity index (χ3v) is 8.19. The second-order valence-corrected chi connectivity index (χ2v) is 12.4. The van der Waals surface area contributed by atoms with Crippen LogP contribution in [0.4, 0.5) is 0 Å². The number of carbonyl (C=O) groups is 2. The number of hydrogen-bond donors (Lipinski definition) is 4. The normalized spacial score (nSPS) is 12.6. The zero-order valence-corrected chi connectivity index (χ0v) is 27.0. The van der Waals surface area contributed by atoms with E-state index in [4.69, 9.17) is 26.0 Å². The van der Waals surface area contributed by atoms with Crippen molar-refractivity contribution in [1.29, 1.82) is 0 Å². The molecule has 0 bridgehead atoms. The van der Waals surface area contributed by atoms with Crippen LogP contribution in [0.3, 0.4) is 0 Å². The number of benzene rings is 3. The molecule has 6 N–H and O–H groups in total. The predicted molar refractivity (Wildman–Crippen MR) is 169 cm³/mol. The monoisotopic (exact) mass is 940 g/mol. The predicted octanol–water partition coefficient (Wildman–Crippen LogP) is 5.03. The number of carboxylic acids is 1. The Hall–Kier alpha value is -0.960. The van der Waals surface area contributed by atoms with Crippen LogP contribution in [0.1, 0.15) is 11.1 Å². The number of nitrogens with two attached hydrogens (primary N) is 2. The standard InChI is InChI=1S/C24H20I4N2O6/c25-15-9-14(10-16(26)21(15)31)35-22-17(27)5-12(6-18(22)28)8-20(30)24(34)36-13-3-1-11(2-4-13)7-19(29)23(32)33/h1-6,9-10,19-20,31H,7-8,29-30H2,(H,32,33)/t19-,20-/m0/s1. The number of ether oxygens (including phenoxy) is 2. The Bertz CT molecular complexity index is 1240. The lowest BCUT2D eigenvalue weighted by atomic mass is 10.1. The second-order valence-electron chi connectivity index (χ2n) is 7.75. The van der Waals surface area contributed by atoms with Gasteiger partial charge in [0.25, 0.3) is 0 Å². The summed E-state index contributed by atoms with van der Waals surface area (Å²) in [5.41, 5.74) is 13.2. The lowest BCUT2D eigenvalue weighted by Crippen LogP contribution is -2.36. The zero-order valence-electron chi connectivity index (χ0n) is 18.4. The first-order chi connectivity index (χ1) is 16.9. The molecule has 3 rings (SSSR count). The summed E-state index contributed by atoms with van der Waals surface area (Å²) in [6.07, 6.45) is 0.441. The average Bonchev–Trinajstić information content (AvgIpc) is 2.80. The number of esters is 1. The quantitative estimate of drug-likeness (QED) is 0.133. The highest BCUT2D eigenvalue weighted by Crippen LogP contribution is 2.37. The van der Waals surface area contributed by atoms with E-state index < -0.39 is 24.0 Å². The molecule has 0 fully saturated rings. The fraction of sp³-hybridized carbons (Fsp3) is 0.167. The van der Waals surface area contributed by atoms with Gasteiger partial charge in [0, 0.05) is 0 Å². The second kappa shape index (κ2) is 13.2. The summed E-state index contributed by atoms with van der Waals surface area (Å²) in [6, 6.07) is 11.9. The van der Waals surface area contributed by atoms with E-state index in [1.807, 2.05) is 12.1 Å². The first-order valence-electron chi connectivity index (χ1n) is 10.3. The maximum atomic E-state index is 12.5. The summed E-state index contributed by atoms with van der Waals surface area (Å²) in [6.45, 7) is 0. The average molecular weight is 940 g/mol. The summed E-state index contributed by atoms with van der Waals surface area (Å²) in [7, 11) is 0. The van der Waals surface area contributed by atoms with Gasteiger partial charge in [-0.05, 0) is 151 Å². The number of halogens is 4. The molecule has 0 aliphatic heterocycles. The Kier molecular flexibility index (Phi) is 10.9. The van der Waals surface area contributed by atoms with Gasteiger partial charge in [0.15, 0.2) is 5.75 Å². The van der Waals surface area contributed by atoms with Crippen molar-refractivity contribution in [3.8, 4) is 23.0 Å². The van der Waals surface area contributed by atoms with Gasteiger partial charge in [0.2, 0.25) is 0 Å². The lowest BCUT2D eigenvalue weighted by Gasteiger charge is -2.15. The minimum absolute atomic E-state index is 0.172. The molecule has 0 amide bonds. The minimum atomic E-state index is -1.08. The van der Waals surface area contributed by atoms with E-state index in [9.17, 15) is 14.7 Å². The molecule has 190 valence electrons. The molecule has 3 aromatic carbocycles. The van der Waals surface area contributed by atoms with Crippen molar-refractivity contribution in [3.63, 3.8) is 0 Å². The molecule has 8 nitrogen and oxygen atoms in total. The van der Waals surface area contributed by atoms with E-state index >= 15 is 0 Å². The molecule has 0 heterocycles. The summed E-state index contributed by atoms with van der Waals surface area (Å²) in [4.78, 5) is 23.4. The van der Waals surface area contributed by atoms with Crippen molar-refractivity contribution in [1.82, 2.24) is 0 Å². The number of rotatable bonds is 9. The van der Waals surface area contributed by atoms with E-state index in [2.05, 4.69) is 90.4 Å². The van der Waals surface area contributed by atoms with Crippen LogP contribution in [0.5, 0.6) is 23.0 Å². The molecular weight excluding hydrogens is 920 g/mol. The van der Waals surface area contributed by atoms with Crippen molar-refractivity contribution in [2.45, 2.75) is 24.9 Å². The van der Waals surface area contributed by atoms with Crippen LogP contribution in [0.2, 0.25) is 0 Å². The van der Waals surface area contributed by atoms with Gasteiger partial charge in [-0.25, -0.2) is 4.79 Å². The van der Waals surface area contributed by atoms with Gasteiger partial charge in [0.05, 0.1) is 14.3 Å². The van der Waals surface area contributed by atoms with Crippen LogP contribution in [0.15, 0.2) is 48.5 Å². The molecule has 0 unspecified atom stereocenters. The summed E-state index contributed by atoms with van der Waals surface area (Å²) >= 11 is 8.46. The van der Waals surface area contributed by atoms with Crippen molar-refractivity contribution in [2.75, 3.05) is 0 Å². The number of phenols is 1. The Morgan fingerprint density at radius 2 is 1.31 bits per heavy atom. The molecule has 0 aliphatic rings. The fourth-order valence-electron chi connectivity index (χ4n) is 3.11. The van der Waals surface area contributed by atoms with Gasteiger partial charge in [-0.3, -0.25) is 4.79 Å². The highest BCUT2D eigenvalue weighted by Gasteiger charge is 2.20. The fourth-order valence-corrected chi connectivity index (χ4v) is 6.94. The first kappa shape index (κ1) is 29.6. The van der Waals surface area contributed by atoms with Crippen LogP contribution < -0.4 is 20.9 Å². The molecular formula is C24H20I4N2O6. The molecule has 2 atom stereocenters. The molecule has 0 saturated carbocycles. The molecule has 0 saturated heterocycles. The third kappa shape index (κ3) is 8.02. The van der Waals surface area contributed by atoms with Crippen LogP contribution in [0, 0.1) is 14.3 Å². The van der Waals surface area contributed by atoms with E-state index in [0.717, 1.165) is 18.3 Å². The molecule has 3 aromatic rings. The van der Waals surface area contributed by atoms with Gasteiger partial charge in [-0.2, -0.15) is 0 Å².